The zero-order valence-electron chi connectivity index (χ0n) is 14.9. The lowest BCUT2D eigenvalue weighted by molar-refractivity contribution is 0.0436. The van der Waals surface area contributed by atoms with E-state index in [-0.39, 0.29) is 6.61 Å². The molecular weight excluding hydrogens is 338 g/mol. The lowest BCUT2D eigenvalue weighted by atomic mass is 10.1. The fourth-order valence-corrected chi connectivity index (χ4v) is 2.55. The molecule has 0 N–H and O–H groups in total. The first kappa shape index (κ1) is 18.4. The van der Waals surface area contributed by atoms with E-state index in [1.165, 1.54) is 5.06 Å². The maximum Gasteiger partial charge on any atom is 0.439 e. The predicted molar refractivity (Wildman–Crippen MR) is 106 cm³/mol. The number of nitrogens with zero attached hydrogens (tertiary/aromatic N) is 1. The van der Waals surface area contributed by atoms with E-state index in [4.69, 9.17) is 9.57 Å². The van der Waals surface area contributed by atoms with Crippen LogP contribution in [0.1, 0.15) is 17.2 Å². The van der Waals surface area contributed by atoms with Crippen molar-refractivity contribution in [3.8, 4) is 0 Å². The number of carbonyl (C=O) groups is 1. The van der Waals surface area contributed by atoms with Crippen LogP contribution in [-0.4, -0.2) is 6.09 Å². The summed E-state index contributed by atoms with van der Waals surface area (Å²) in [6, 6.07) is 28.2. The van der Waals surface area contributed by atoms with E-state index in [1.54, 1.807) is 18.2 Å². The van der Waals surface area contributed by atoms with Crippen molar-refractivity contribution in [1.82, 2.24) is 0 Å². The van der Waals surface area contributed by atoms with E-state index < -0.39 is 12.2 Å². The third-order valence-corrected chi connectivity index (χ3v) is 3.92. The number of hydrogen-bond acceptors (Lipinski definition) is 3. The predicted octanol–water partition coefficient (Wildman–Crippen LogP) is 5.69. The van der Waals surface area contributed by atoms with Gasteiger partial charge in [0.1, 0.15) is 12.7 Å². The van der Waals surface area contributed by atoms with Gasteiger partial charge in [-0.05, 0) is 23.3 Å². The summed E-state index contributed by atoms with van der Waals surface area (Å²) in [6.07, 6.45) is 0.568. The highest BCUT2D eigenvalue weighted by Crippen LogP contribution is 2.24. The van der Waals surface area contributed by atoms with Gasteiger partial charge < -0.3 is 4.74 Å². The SMILES string of the molecule is C=C[C@H](ON(C(=O)OCc1ccccc1)c1ccccc1)c1ccccc1. The van der Waals surface area contributed by atoms with Gasteiger partial charge in [-0.3, -0.25) is 4.84 Å². The second-order valence-corrected chi connectivity index (χ2v) is 5.84. The number of ether oxygens (including phenoxy) is 1. The average Bonchev–Trinajstić information content (AvgIpc) is 2.75. The molecule has 3 rings (SSSR count). The molecule has 0 aliphatic carbocycles. The standard InChI is InChI=1S/C23H21NO3/c1-2-22(20-14-8-4-9-15-20)27-24(21-16-10-5-11-17-21)23(25)26-18-19-12-6-3-7-13-19/h2-17,22H,1,18H2/t22-/m0/s1. The van der Waals surface area contributed by atoms with Crippen LogP contribution in [0.15, 0.2) is 104 Å². The van der Waals surface area contributed by atoms with Crippen molar-refractivity contribution < 1.29 is 14.4 Å². The Labute approximate surface area is 159 Å². The molecule has 0 fully saturated rings. The van der Waals surface area contributed by atoms with Gasteiger partial charge in [-0.15, -0.1) is 6.58 Å². The first-order valence-electron chi connectivity index (χ1n) is 8.68. The smallest absolute Gasteiger partial charge is 0.439 e. The Hall–Kier alpha value is -3.37. The number of hydroxylamine groups is 1. The van der Waals surface area contributed by atoms with Crippen molar-refractivity contribution in [1.29, 1.82) is 0 Å². The minimum atomic E-state index is -0.590. The maximum atomic E-state index is 12.7. The van der Waals surface area contributed by atoms with Crippen LogP contribution in [0.3, 0.4) is 0 Å². The number of para-hydroxylation sites is 1. The Kier molecular flexibility index (Phi) is 6.39. The highest BCUT2D eigenvalue weighted by molar-refractivity contribution is 5.85. The molecule has 27 heavy (non-hydrogen) atoms. The fraction of sp³-hybridized carbons (Fsp3) is 0.0870. The number of anilines is 1. The van der Waals surface area contributed by atoms with Crippen molar-refractivity contribution in [3.63, 3.8) is 0 Å². The molecule has 136 valence electrons. The number of rotatable bonds is 7. The van der Waals surface area contributed by atoms with E-state index in [9.17, 15) is 4.79 Å². The molecule has 3 aromatic rings. The summed E-state index contributed by atoms with van der Waals surface area (Å²) in [6.45, 7) is 4.00. The van der Waals surface area contributed by atoms with Crippen LogP contribution in [0.4, 0.5) is 10.5 Å². The zero-order chi connectivity index (χ0) is 18.9. The number of benzene rings is 3. The van der Waals surface area contributed by atoms with Crippen molar-refractivity contribution in [2.45, 2.75) is 12.7 Å². The summed E-state index contributed by atoms with van der Waals surface area (Å²) < 4.78 is 5.45. The van der Waals surface area contributed by atoms with Crippen LogP contribution in [0.2, 0.25) is 0 Å². The molecule has 0 unspecified atom stereocenters. The third-order valence-electron chi connectivity index (χ3n) is 3.92. The summed E-state index contributed by atoms with van der Waals surface area (Å²) in [5, 5.41) is 1.17. The topological polar surface area (TPSA) is 38.8 Å². The van der Waals surface area contributed by atoms with Gasteiger partial charge in [0.15, 0.2) is 0 Å². The van der Waals surface area contributed by atoms with Gasteiger partial charge in [-0.2, -0.15) is 5.06 Å². The molecule has 0 saturated carbocycles. The summed E-state index contributed by atoms with van der Waals surface area (Å²) >= 11 is 0. The van der Waals surface area contributed by atoms with Gasteiger partial charge in [0.05, 0.1) is 5.69 Å². The van der Waals surface area contributed by atoms with Crippen molar-refractivity contribution in [3.05, 3.63) is 115 Å². The molecule has 0 saturated heterocycles. The number of carbonyl (C=O) groups excluding carboxylic acids is 1. The molecule has 4 heteroatoms. The van der Waals surface area contributed by atoms with Crippen LogP contribution in [0.5, 0.6) is 0 Å². The molecule has 3 aromatic carbocycles. The molecule has 0 aliphatic heterocycles. The molecule has 0 radical (unpaired) electrons. The summed E-state index contributed by atoms with van der Waals surface area (Å²) in [5.41, 5.74) is 2.38. The molecule has 4 nitrogen and oxygen atoms in total. The lowest BCUT2D eigenvalue weighted by Crippen LogP contribution is -2.33. The highest BCUT2D eigenvalue weighted by atomic mass is 16.7. The summed E-state index contributed by atoms with van der Waals surface area (Å²) in [4.78, 5) is 18.7. The van der Waals surface area contributed by atoms with Crippen LogP contribution in [-0.2, 0) is 16.2 Å². The van der Waals surface area contributed by atoms with Crippen LogP contribution in [0, 0.1) is 0 Å². The quantitative estimate of drug-likeness (QED) is 0.402. The van der Waals surface area contributed by atoms with Gasteiger partial charge in [-0.1, -0.05) is 84.9 Å². The van der Waals surface area contributed by atoms with E-state index in [0.29, 0.717) is 5.69 Å². The number of hydrogen-bond donors (Lipinski definition) is 0. The minimum absolute atomic E-state index is 0.163. The van der Waals surface area contributed by atoms with E-state index in [2.05, 4.69) is 6.58 Å². The van der Waals surface area contributed by atoms with Gasteiger partial charge in [-0.25, -0.2) is 4.79 Å². The van der Waals surface area contributed by atoms with Crippen molar-refractivity contribution in [2.24, 2.45) is 0 Å². The molecule has 0 spiro atoms. The van der Waals surface area contributed by atoms with Gasteiger partial charge in [0.25, 0.3) is 0 Å². The Balaban J connectivity index is 1.78. The second kappa shape index (κ2) is 9.36. The maximum absolute atomic E-state index is 12.7. The number of amides is 1. The summed E-state index contributed by atoms with van der Waals surface area (Å²) in [5.74, 6) is 0. The van der Waals surface area contributed by atoms with Gasteiger partial charge in [0, 0.05) is 0 Å². The normalized spacial score (nSPS) is 11.4. The van der Waals surface area contributed by atoms with Crippen LogP contribution < -0.4 is 5.06 Å². The molecule has 1 amide bonds. The van der Waals surface area contributed by atoms with Crippen molar-refractivity contribution in [2.75, 3.05) is 5.06 Å². The average molecular weight is 359 g/mol. The van der Waals surface area contributed by atoms with Crippen molar-refractivity contribution >= 4 is 11.8 Å². The largest absolute Gasteiger partial charge is 0.443 e. The Bertz CT molecular complexity index is 851. The minimum Gasteiger partial charge on any atom is -0.443 e. The van der Waals surface area contributed by atoms with E-state index >= 15 is 0 Å². The lowest BCUT2D eigenvalue weighted by Gasteiger charge is -2.25. The van der Waals surface area contributed by atoms with Crippen LogP contribution >= 0.6 is 0 Å². The second-order valence-electron chi connectivity index (χ2n) is 5.84. The van der Waals surface area contributed by atoms with E-state index in [1.807, 2.05) is 78.9 Å². The molecular formula is C23H21NO3. The Morgan fingerprint density at radius 2 is 1.44 bits per heavy atom. The molecule has 0 aliphatic rings. The van der Waals surface area contributed by atoms with Gasteiger partial charge >= 0.3 is 6.09 Å². The monoisotopic (exact) mass is 359 g/mol. The summed E-state index contributed by atoms with van der Waals surface area (Å²) in [7, 11) is 0. The highest BCUT2D eigenvalue weighted by Gasteiger charge is 2.23. The van der Waals surface area contributed by atoms with Gasteiger partial charge in [0.2, 0.25) is 0 Å². The zero-order valence-corrected chi connectivity index (χ0v) is 14.9. The Morgan fingerprint density at radius 1 is 0.889 bits per heavy atom. The third kappa shape index (κ3) is 5.06. The molecule has 1 atom stereocenters. The fourth-order valence-electron chi connectivity index (χ4n) is 2.55. The molecule has 0 bridgehead atoms. The first-order valence-corrected chi connectivity index (χ1v) is 8.68. The van der Waals surface area contributed by atoms with E-state index in [0.717, 1.165) is 11.1 Å². The first-order chi connectivity index (χ1) is 13.3. The van der Waals surface area contributed by atoms with Crippen LogP contribution in [0.25, 0.3) is 0 Å². The molecule has 0 aromatic heterocycles. The Morgan fingerprint density at radius 3 is 2.04 bits per heavy atom. The molecule has 0 heterocycles.